The number of aryl methyl sites for hydroxylation is 2. The smallest absolute Gasteiger partial charge is 0.292 e. The fourth-order valence-electron chi connectivity index (χ4n) is 1.58. The first kappa shape index (κ1) is 9.77. The van der Waals surface area contributed by atoms with Gasteiger partial charge in [0, 0.05) is 5.56 Å². The van der Waals surface area contributed by atoms with E-state index in [-0.39, 0.29) is 6.01 Å². The normalized spacial score (nSPS) is 10.5. The average molecular weight is 202 g/mol. The van der Waals surface area contributed by atoms with Gasteiger partial charge in [-0.25, -0.2) is 0 Å². The summed E-state index contributed by atoms with van der Waals surface area (Å²) in [6.07, 6.45) is 1.04. The molecule has 78 valence electrons. The SMILES string of the molecule is CCc1ccc(-c2oc(N)nc2C)cc1. The van der Waals surface area contributed by atoms with Crippen LogP contribution in [0.25, 0.3) is 11.3 Å². The van der Waals surface area contributed by atoms with Gasteiger partial charge >= 0.3 is 0 Å². The minimum atomic E-state index is 0.224. The zero-order chi connectivity index (χ0) is 10.8. The number of hydrogen-bond donors (Lipinski definition) is 1. The molecule has 0 saturated carbocycles. The van der Waals surface area contributed by atoms with E-state index in [4.69, 9.17) is 10.2 Å². The van der Waals surface area contributed by atoms with Crippen molar-refractivity contribution in [2.75, 3.05) is 5.73 Å². The van der Waals surface area contributed by atoms with Crippen molar-refractivity contribution in [3.63, 3.8) is 0 Å². The number of nitrogen functional groups attached to an aromatic ring is 1. The molecule has 0 aliphatic heterocycles. The average Bonchev–Trinajstić information content (AvgIpc) is 2.58. The monoisotopic (exact) mass is 202 g/mol. The molecule has 1 aromatic heterocycles. The maximum absolute atomic E-state index is 5.50. The van der Waals surface area contributed by atoms with E-state index in [1.807, 2.05) is 19.1 Å². The fraction of sp³-hybridized carbons (Fsp3) is 0.250. The number of benzene rings is 1. The molecule has 1 aromatic carbocycles. The zero-order valence-corrected chi connectivity index (χ0v) is 8.95. The van der Waals surface area contributed by atoms with Crippen molar-refractivity contribution in [3.8, 4) is 11.3 Å². The van der Waals surface area contributed by atoms with E-state index >= 15 is 0 Å². The topological polar surface area (TPSA) is 52.0 Å². The molecular formula is C12H14N2O. The number of nitrogens with zero attached hydrogens (tertiary/aromatic N) is 1. The van der Waals surface area contributed by atoms with Crippen LogP contribution in [0.2, 0.25) is 0 Å². The molecule has 0 radical (unpaired) electrons. The first-order chi connectivity index (χ1) is 7.20. The summed E-state index contributed by atoms with van der Waals surface area (Å²) in [6.45, 7) is 4.02. The molecule has 3 nitrogen and oxygen atoms in total. The van der Waals surface area contributed by atoms with Crippen molar-refractivity contribution >= 4 is 6.01 Å². The Bertz CT molecular complexity index is 457. The molecule has 0 atom stereocenters. The Labute approximate surface area is 88.9 Å². The lowest BCUT2D eigenvalue weighted by atomic mass is 10.1. The van der Waals surface area contributed by atoms with E-state index in [1.54, 1.807) is 0 Å². The van der Waals surface area contributed by atoms with E-state index in [0.29, 0.717) is 0 Å². The van der Waals surface area contributed by atoms with E-state index in [1.165, 1.54) is 5.56 Å². The van der Waals surface area contributed by atoms with Crippen LogP contribution in [0.3, 0.4) is 0 Å². The highest BCUT2D eigenvalue weighted by molar-refractivity contribution is 5.61. The van der Waals surface area contributed by atoms with Crippen molar-refractivity contribution in [2.45, 2.75) is 20.3 Å². The first-order valence-electron chi connectivity index (χ1n) is 5.03. The second kappa shape index (κ2) is 3.77. The molecule has 0 fully saturated rings. The molecule has 3 heteroatoms. The number of rotatable bonds is 2. The van der Waals surface area contributed by atoms with Crippen LogP contribution in [0, 0.1) is 6.92 Å². The summed E-state index contributed by atoms with van der Waals surface area (Å²) in [5.74, 6) is 0.759. The van der Waals surface area contributed by atoms with Crippen molar-refractivity contribution in [1.82, 2.24) is 4.98 Å². The van der Waals surface area contributed by atoms with Crippen LogP contribution in [0.15, 0.2) is 28.7 Å². The molecule has 0 amide bonds. The number of oxazole rings is 1. The minimum absolute atomic E-state index is 0.224. The van der Waals surface area contributed by atoms with Gasteiger partial charge in [0.15, 0.2) is 5.76 Å². The Balaban J connectivity index is 2.41. The largest absolute Gasteiger partial charge is 0.423 e. The highest BCUT2D eigenvalue weighted by Gasteiger charge is 2.09. The lowest BCUT2D eigenvalue weighted by molar-refractivity contribution is 0.594. The van der Waals surface area contributed by atoms with Gasteiger partial charge < -0.3 is 10.2 Å². The van der Waals surface area contributed by atoms with Crippen molar-refractivity contribution < 1.29 is 4.42 Å². The van der Waals surface area contributed by atoms with Gasteiger partial charge in [0.25, 0.3) is 6.01 Å². The Morgan fingerprint density at radius 3 is 2.40 bits per heavy atom. The van der Waals surface area contributed by atoms with Crippen LogP contribution in [0.4, 0.5) is 6.01 Å². The van der Waals surface area contributed by atoms with Gasteiger partial charge in [-0.05, 0) is 18.9 Å². The van der Waals surface area contributed by atoms with E-state index in [2.05, 4.69) is 24.0 Å². The summed E-state index contributed by atoms with van der Waals surface area (Å²) in [5, 5.41) is 0. The molecule has 1 heterocycles. The van der Waals surface area contributed by atoms with Gasteiger partial charge in [-0.3, -0.25) is 0 Å². The minimum Gasteiger partial charge on any atom is -0.423 e. The molecular weight excluding hydrogens is 188 g/mol. The van der Waals surface area contributed by atoms with Gasteiger partial charge in [0.2, 0.25) is 0 Å². The van der Waals surface area contributed by atoms with Gasteiger partial charge in [0.05, 0.1) is 5.69 Å². The number of nitrogens with two attached hydrogens (primary N) is 1. The van der Waals surface area contributed by atoms with Gasteiger partial charge in [0.1, 0.15) is 0 Å². The highest BCUT2D eigenvalue weighted by atomic mass is 16.4. The highest BCUT2D eigenvalue weighted by Crippen LogP contribution is 2.25. The Morgan fingerprint density at radius 2 is 1.93 bits per heavy atom. The Kier molecular flexibility index (Phi) is 2.46. The number of anilines is 1. The molecule has 0 saturated heterocycles. The van der Waals surface area contributed by atoms with E-state index < -0.39 is 0 Å². The predicted molar refractivity (Wildman–Crippen MR) is 60.5 cm³/mol. The molecule has 0 bridgehead atoms. The molecule has 0 spiro atoms. The molecule has 2 rings (SSSR count). The Hall–Kier alpha value is -1.77. The second-order valence-corrected chi connectivity index (χ2v) is 3.52. The molecule has 0 aliphatic carbocycles. The van der Waals surface area contributed by atoms with Gasteiger partial charge in [-0.2, -0.15) is 4.98 Å². The summed E-state index contributed by atoms with van der Waals surface area (Å²) in [5.41, 5.74) is 8.66. The summed E-state index contributed by atoms with van der Waals surface area (Å²) in [7, 11) is 0. The van der Waals surface area contributed by atoms with E-state index in [0.717, 1.165) is 23.4 Å². The van der Waals surface area contributed by atoms with Crippen molar-refractivity contribution in [2.24, 2.45) is 0 Å². The maximum Gasteiger partial charge on any atom is 0.292 e. The van der Waals surface area contributed by atoms with Crippen LogP contribution in [0.1, 0.15) is 18.2 Å². The third-order valence-electron chi connectivity index (χ3n) is 2.44. The molecule has 15 heavy (non-hydrogen) atoms. The third kappa shape index (κ3) is 1.86. The first-order valence-corrected chi connectivity index (χ1v) is 5.03. The van der Waals surface area contributed by atoms with Crippen molar-refractivity contribution in [3.05, 3.63) is 35.5 Å². The summed E-state index contributed by atoms with van der Waals surface area (Å²) >= 11 is 0. The predicted octanol–water partition coefficient (Wildman–Crippen LogP) is 2.79. The van der Waals surface area contributed by atoms with Crippen LogP contribution in [-0.2, 0) is 6.42 Å². The fourth-order valence-corrected chi connectivity index (χ4v) is 1.58. The van der Waals surface area contributed by atoms with Crippen molar-refractivity contribution in [1.29, 1.82) is 0 Å². The van der Waals surface area contributed by atoms with Crippen LogP contribution < -0.4 is 5.73 Å². The molecule has 0 unspecified atom stereocenters. The lowest BCUT2D eigenvalue weighted by Gasteiger charge is -1.99. The zero-order valence-electron chi connectivity index (χ0n) is 8.95. The number of aromatic nitrogens is 1. The van der Waals surface area contributed by atoms with E-state index in [9.17, 15) is 0 Å². The van der Waals surface area contributed by atoms with Gasteiger partial charge in [-0.1, -0.05) is 31.2 Å². The lowest BCUT2D eigenvalue weighted by Crippen LogP contribution is -1.82. The molecule has 2 N–H and O–H groups in total. The summed E-state index contributed by atoms with van der Waals surface area (Å²) in [6, 6.07) is 8.47. The Morgan fingerprint density at radius 1 is 1.27 bits per heavy atom. The van der Waals surface area contributed by atoms with Gasteiger partial charge in [-0.15, -0.1) is 0 Å². The van der Waals surface area contributed by atoms with Crippen LogP contribution >= 0.6 is 0 Å². The maximum atomic E-state index is 5.50. The molecule has 2 aromatic rings. The van der Waals surface area contributed by atoms with Crippen LogP contribution in [0.5, 0.6) is 0 Å². The number of hydrogen-bond acceptors (Lipinski definition) is 3. The summed E-state index contributed by atoms with van der Waals surface area (Å²) < 4.78 is 5.34. The molecule has 0 aliphatic rings. The quantitative estimate of drug-likeness (QED) is 0.814. The van der Waals surface area contributed by atoms with Crippen LogP contribution in [-0.4, -0.2) is 4.98 Å². The third-order valence-corrected chi connectivity index (χ3v) is 2.44. The standard InChI is InChI=1S/C12H14N2O/c1-3-9-4-6-10(7-5-9)11-8(2)14-12(13)15-11/h4-7H,3H2,1-2H3,(H2,13,14). The summed E-state index contributed by atoms with van der Waals surface area (Å²) in [4.78, 5) is 4.04. The second-order valence-electron chi connectivity index (χ2n) is 3.52.